The largest absolute Gasteiger partial charge is 0.309 e. The molecule has 3 rings (SSSR count). The van der Waals surface area contributed by atoms with Gasteiger partial charge < -0.3 is 5.32 Å². The Labute approximate surface area is 119 Å². The van der Waals surface area contributed by atoms with Crippen molar-refractivity contribution in [3.05, 3.63) is 34.0 Å². The first-order chi connectivity index (χ1) is 9.28. The monoisotopic (exact) mass is 293 g/mol. The van der Waals surface area contributed by atoms with E-state index in [9.17, 15) is 0 Å². The summed E-state index contributed by atoms with van der Waals surface area (Å²) in [6.45, 7) is 5.04. The molecule has 3 aromatic heterocycles. The number of thiazole rings is 1. The molecular weight excluding hydrogens is 278 g/mol. The van der Waals surface area contributed by atoms with Crippen LogP contribution in [0.4, 0.5) is 0 Å². The lowest BCUT2D eigenvalue weighted by Gasteiger charge is -2.14. The van der Waals surface area contributed by atoms with Crippen LogP contribution < -0.4 is 5.32 Å². The van der Waals surface area contributed by atoms with E-state index >= 15 is 0 Å². The molecule has 1 atom stereocenters. The molecule has 0 bridgehead atoms. The van der Waals surface area contributed by atoms with Crippen LogP contribution in [0, 0.1) is 6.92 Å². The number of nitrogens with one attached hydrogen (secondary N) is 1. The van der Waals surface area contributed by atoms with E-state index in [0.717, 1.165) is 29.3 Å². The third-order valence-corrected chi connectivity index (χ3v) is 4.72. The van der Waals surface area contributed by atoms with Gasteiger partial charge in [-0.2, -0.15) is 0 Å². The molecule has 0 saturated carbocycles. The number of fused-ring (bicyclic) bond motifs is 1. The van der Waals surface area contributed by atoms with Gasteiger partial charge in [0.25, 0.3) is 0 Å². The zero-order valence-corrected chi connectivity index (χ0v) is 12.5. The van der Waals surface area contributed by atoms with Gasteiger partial charge in [0.05, 0.1) is 22.3 Å². The van der Waals surface area contributed by atoms with E-state index < -0.39 is 0 Å². The number of aryl methyl sites for hydroxylation is 1. The van der Waals surface area contributed by atoms with Crippen molar-refractivity contribution >= 4 is 27.8 Å². The molecule has 0 amide bonds. The van der Waals surface area contributed by atoms with Crippen LogP contribution in [0.2, 0.25) is 0 Å². The lowest BCUT2D eigenvalue weighted by atomic mass is 10.1. The van der Waals surface area contributed by atoms with Crippen molar-refractivity contribution in [1.82, 2.24) is 24.3 Å². The van der Waals surface area contributed by atoms with E-state index in [2.05, 4.69) is 37.4 Å². The van der Waals surface area contributed by atoms with Gasteiger partial charge in [0.15, 0.2) is 4.96 Å². The zero-order valence-electron chi connectivity index (χ0n) is 10.8. The molecule has 0 spiro atoms. The molecule has 1 unspecified atom stereocenters. The first kappa shape index (κ1) is 12.7. The molecule has 100 valence electrons. The Hall–Kier alpha value is -1.31. The number of rotatable bonds is 5. The lowest BCUT2D eigenvalue weighted by molar-refractivity contribution is 0.550. The molecule has 3 heterocycles. The minimum atomic E-state index is 0.245. The molecule has 5 nitrogen and oxygen atoms in total. The summed E-state index contributed by atoms with van der Waals surface area (Å²) in [6.07, 6.45) is 5.01. The number of nitrogens with zero attached hydrogens (tertiary/aromatic N) is 4. The highest BCUT2D eigenvalue weighted by atomic mass is 32.1. The minimum Gasteiger partial charge on any atom is -0.309 e. The maximum atomic E-state index is 4.64. The Balaban J connectivity index is 1.85. The average Bonchev–Trinajstić information content (AvgIpc) is 3.03. The van der Waals surface area contributed by atoms with Crippen LogP contribution in [-0.2, 0) is 6.42 Å². The number of hydrogen-bond acceptors (Lipinski definition) is 6. The highest BCUT2D eigenvalue weighted by Gasteiger charge is 2.18. The van der Waals surface area contributed by atoms with Gasteiger partial charge in [-0.1, -0.05) is 11.4 Å². The summed E-state index contributed by atoms with van der Waals surface area (Å²) in [6, 6.07) is 0.245. The van der Waals surface area contributed by atoms with Gasteiger partial charge in [-0.25, -0.2) is 4.98 Å². The summed E-state index contributed by atoms with van der Waals surface area (Å²) < 4.78 is 6.10. The van der Waals surface area contributed by atoms with Gasteiger partial charge in [-0.3, -0.25) is 4.40 Å². The SMILES string of the molecule is CCNC(Cc1cn2ccsc2n1)c1snnc1C. The second-order valence-electron chi connectivity index (χ2n) is 4.36. The third-order valence-electron chi connectivity index (χ3n) is 3.01. The van der Waals surface area contributed by atoms with Gasteiger partial charge in [0, 0.05) is 24.2 Å². The zero-order chi connectivity index (χ0) is 13.2. The minimum absolute atomic E-state index is 0.245. The first-order valence-corrected chi connectivity index (χ1v) is 7.86. The van der Waals surface area contributed by atoms with Crippen molar-refractivity contribution in [2.24, 2.45) is 0 Å². The maximum absolute atomic E-state index is 4.64. The molecule has 19 heavy (non-hydrogen) atoms. The molecule has 0 aliphatic carbocycles. The molecule has 0 aromatic carbocycles. The van der Waals surface area contributed by atoms with Crippen LogP contribution in [0.3, 0.4) is 0 Å². The summed E-state index contributed by atoms with van der Waals surface area (Å²) in [4.78, 5) is 6.89. The highest BCUT2D eigenvalue weighted by molar-refractivity contribution is 7.15. The van der Waals surface area contributed by atoms with Crippen LogP contribution in [0.25, 0.3) is 4.96 Å². The Bertz CT molecular complexity index is 640. The Morgan fingerprint density at radius 2 is 2.37 bits per heavy atom. The third kappa shape index (κ3) is 2.54. The molecule has 0 saturated heterocycles. The number of imidazole rings is 1. The van der Waals surface area contributed by atoms with E-state index in [0.29, 0.717) is 0 Å². The molecule has 7 heteroatoms. The van der Waals surface area contributed by atoms with Crippen molar-refractivity contribution in [1.29, 1.82) is 0 Å². The Kier molecular flexibility index (Phi) is 3.58. The van der Waals surface area contributed by atoms with Crippen LogP contribution in [0.1, 0.15) is 29.2 Å². The fourth-order valence-electron chi connectivity index (χ4n) is 2.14. The normalized spacial score (nSPS) is 13.2. The van der Waals surface area contributed by atoms with E-state index in [4.69, 9.17) is 0 Å². The summed E-state index contributed by atoms with van der Waals surface area (Å²) in [5.74, 6) is 0. The molecule has 0 aliphatic heterocycles. The second-order valence-corrected chi connectivity index (χ2v) is 6.02. The number of likely N-dealkylation sites (N-methyl/N-ethyl adjacent to an activating group) is 1. The van der Waals surface area contributed by atoms with Crippen LogP contribution in [0.15, 0.2) is 17.8 Å². The van der Waals surface area contributed by atoms with E-state index in [-0.39, 0.29) is 6.04 Å². The van der Waals surface area contributed by atoms with E-state index in [1.807, 2.05) is 18.5 Å². The van der Waals surface area contributed by atoms with E-state index in [1.165, 1.54) is 16.4 Å². The molecule has 1 N–H and O–H groups in total. The fraction of sp³-hybridized carbons (Fsp3) is 0.417. The van der Waals surface area contributed by atoms with Crippen LogP contribution in [0.5, 0.6) is 0 Å². The average molecular weight is 293 g/mol. The fourth-order valence-corrected chi connectivity index (χ4v) is 3.58. The van der Waals surface area contributed by atoms with Gasteiger partial charge in [0.2, 0.25) is 0 Å². The molecule has 0 radical (unpaired) electrons. The topological polar surface area (TPSA) is 55.1 Å². The van der Waals surface area contributed by atoms with Crippen LogP contribution >= 0.6 is 22.9 Å². The van der Waals surface area contributed by atoms with E-state index in [1.54, 1.807) is 11.3 Å². The number of aromatic nitrogens is 4. The predicted octanol–water partition coefficient (Wildman–Crippen LogP) is 2.45. The molecule has 0 aliphatic rings. The lowest BCUT2D eigenvalue weighted by Crippen LogP contribution is -2.23. The summed E-state index contributed by atoms with van der Waals surface area (Å²) in [5.41, 5.74) is 2.11. The Morgan fingerprint density at radius 3 is 3.05 bits per heavy atom. The van der Waals surface area contributed by atoms with Gasteiger partial charge in [0.1, 0.15) is 0 Å². The van der Waals surface area contributed by atoms with Gasteiger partial charge in [-0.15, -0.1) is 16.4 Å². The maximum Gasteiger partial charge on any atom is 0.193 e. The summed E-state index contributed by atoms with van der Waals surface area (Å²) in [5, 5.41) is 9.64. The standard InChI is InChI=1S/C12H15N5S2/c1-3-13-10(11-8(2)15-16-19-11)6-9-7-17-4-5-18-12(17)14-9/h4-5,7,10,13H,3,6H2,1-2H3. The van der Waals surface area contributed by atoms with Crippen molar-refractivity contribution < 1.29 is 0 Å². The van der Waals surface area contributed by atoms with Gasteiger partial charge in [-0.05, 0) is 25.0 Å². The van der Waals surface area contributed by atoms with Crippen molar-refractivity contribution in [3.8, 4) is 0 Å². The Morgan fingerprint density at radius 1 is 1.47 bits per heavy atom. The highest BCUT2D eigenvalue weighted by Crippen LogP contribution is 2.24. The van der Waals surface area contributed by atoms with Crippen molar-refractivity contribution in [3.63, 3.8) is 0 Å². The quantitative estimate of drug-likeness (QED) is 0.785. The van der Waals surface area contributed by atoms with Gasteiger partial charge >= 0.3 is 0 Å². The molecular formula is C12H15N5S2. The summed E-state index contributed by atoms with van der Waals surface area (Å²) >= 11 is 3.13. The van der Waals surface area contributed by atoms with Crippen molar-refractivity contribution in [2.45, 2.75) is 26.3 Å². The first-order valence-electron chi connectivity index (χ1n) is 6.21. The predicted molar refractivity (Wildman–Crippen MR) is 77.8 cm³/mol. The van der Waals surface area contributed by atoms with Crippen molar-refractivity contribution in [2.75, 3.05) is 6.54 Å². The smallest absolute Gasteiger partial charge is 0.193 e. The molecule has 0 fully saturated rings. The number of hydrogen-bond donors (Lipinski definition) is 1. The van der Waals surface area contributed by atoms with Crippen LogP contribution in [-0.4, -0.2) is 25.5 Å². The summed E-state index contributed by atoms with van der Waals surface area (Å²) in [7, 11) is 0. The second kappa shape index (κ2) is 5.36. The molecule has 3 aromatic rings.